The molecule has 2 rings (SSSR count). The number of nitrogens with two attached hydrogens (primary N) is 1. The Hall–Kier alpha value is -1.13. The van der Waals surface area contributed by atoms with Crippen LogP contribution in [0.2, 0.25) is 0 Å². The summed E-state index contributed by atoms with van der Waals surface area (Å²) in [4.78, 5) is 6.79. The van der Waals surface area contributed by atoms with Gasteiger partial charge in [-0.15, -0.1) is 0 Å². The summed E-state index contributed by atoms with van der Waals surface area (Å²) < 4.78 is 5.74. The molecule has 0 bridgehead atoms. The summed E-state index contributed by atoms with van der Waals surface area (Å²) in [6, 6.07) is 4.19. The highest BCUT2D eigenvalue weighted by Gasteiger charge is 2.22. The molecule has 0 aliphatic carbocycles. The molecule has 1 saturated heterocycles. The molecule has 0 saturated carbocycles. The zero-order valence-electron chi connectivity index (χ0n) is 11.5. The molecule has 18 heavy (non-hydrogen) atoms. The van der Waals surface area contributed by atoms with E-state index in [2.05, 4.69) is 36.7 Å². The second-order valence-corrected chi connectivity index (χ2v) is 5.12. The van der Waals surface area contributed by atoms with Crippen LogP contribution in [0, 0.1) is 0 Å². The molecule has 3 unspecified atom stereocenters. The van der Waals surface area contributed by atoms with E-state index < -0.39 is 0 Å². The quantitative estimate of drug-likeness (QED) is 0.891. The minimum atomic E-state index is 0.0431. The Labute approximate surface area is 109 Å². The van der Waals surface area contributed by atoms with Crippen molar-refractivity contribution in [3.8, 4) is 0 Å². The van der Waals surface area contributed by atoms with Crippen LogP contribution < -0.4 is 10.6 Å². The van der Waals surface area contributed by atoms with E-state index in [4.69, 9.17) is 10.5 Å². The molecular weight excluding hydrogens is 226 g/mol. The fourth-order valence-electron chi connectivity index (χ4n) is 2.40. The third kappa shape index (κ3) is 3.00. The summed E-state index contributed by atoms with van der Waals surface area (Å²) >= 11 is 0. The van der Waals surface area contributed by atoms with Gasteiger partial charge in [-0.05, 0) is 32.4 Å². The lowest BCUT2D eigenvalue weighted by Crippen LogP contribution is -2.45. The third-order valence-corrected chi connectivity index (χ3v) is 3.38. The van der Waals surface area contributed by atoms with Crippen molar-refractivity contribution in [2.75, 3.05) is 18.0 Å². The summed E-state index contributed by atoms with van der Waals surface area (Å²) in [6.45, 7) is 8.14. The van der Waals surface area contributed by atoms with Crippen molar-refractivity contribution >= 4 is 5.69 Å². The van der Waals surface area contributed by atoms with Crippen molar-refractivity contribution in [3.05, 3.63) is 24.0 Å². The highest BCUT2D eigenvalue weighted by atomic mass is 16.5. The van der Waals surface area contributed by atoms with E-state index >= 15 is 0 Å². The second kappa shape index (κ2) is 5.67. The number of pyridine rings is 1. The van der Waals surface area contributed by atoms with Gasteiger partial charge in [0, 0.05) is 19.1 Å². The van der Waals surface area contributed by atoms with Crippen LogP contribution in [0.15, 0.2) is 18.3 Å². The number of ether oxygens (including phenoxy) is 1. The SMILES string of the molecule is CCC(N)c1ccc(N2CC(C)OC(C)C2)cn1. The van der Waals surface area contributed by atoms with E-state index in [9.17, 15) is 0 Å². The van der Waals surface area contributed by atoms with Gasteiger partial charge in [-0.1, -0.05) is 6.92 Å². The summed E-state index contributed by atoms with van der Waals surface area (Å²) in [5.41, 5.74) is 8.10. The van der Waals surface area contributed by atoms with Gasteiger partial charge >= 0.3 is 0 Å². The van der Waals surface area contributed by atoms with Crippen molar-refractivity contribution in [2.45, 2.75) is 45.4 Å². The van der Waals surface area contributed by atoms with Crippen molar-refractivity contribution in [1.29, 1.82) is 0 Å². The number of morpholine rings is 1. The normalized spacial score (nSPS) is 26.1. The van der Waals surface area contributed by atoms with Gasteiger partial charge in [0.15, 0.2) is 0 Å². The lowest BCUT2D eigenvalue weighted by atomic mass is 10.1. The topological polar surface area (TPSA) is 51.4 Å². The average molecular weight is 249 g/mol. The molecule has 1 aliphatic heterocycles. The molecule has 1 fully saturated rings. The molecular formula is C14H23N3O. The van der Waals surface area contributed by atoms with Crippen LogP contribution in [0.1, 0.15) is 38.9 Å². The molecule has 2 N–H and O–H groups in total. The lowest BCUT2D eigenvalue weighted by molar-refractivity contribution is -0.00523. The van der Waals surface area contributed by atoms with E-state index in [1.807, 2.05) is 12.3 Å². The summed E-state index contributed by atoms with van der Waals surface area (Å²) in [6.07, 6.45) is 3.38. The van der Waals surface area contributed by atoms with Gasteiger partial charge < -0.3 is 15.4 Å². The average Bonchev–Trinajstić information content (AvgIpc) is 2.37. The van der Waals surface area contributed by atoms with Gasteiger partial charge in [0.1, 0.15) is 0 Å². The number of hydrogen-bond donors (Lipinski definition) is 1. The molecule has 3 atom stereocenters. The maximum Gasteiger partial charge on any atom is 0.0726 e. The van der Waals surface area contributed by atoms with Crippen molar-refractivity contribution in [1.82, 2.24) is 4.98 Å². The van der Waals surface area contributed by atoms with Crippen molar-refractivity contribution < 1.29 is 4.74 Å². The molecule has 4 nitrogen and oxygen atoms in total. The molecule has 0 amide bonds. The number of rotatable bonds is 3. The van der Waals surface area contributed by atoms with Crippen LogP contribution in [0.25, 0.3) is 0 Å². The maximum absolute atomic E-state index is 5.97. The van der Waals surface area contributed by atoms with Gasteiger partial charge in [-0.25, -0.2) is 0 Å². The Balaban J connectivity index is 2.09. The Morgan fingerprint density at radius 2 is 2.06 bits per heavy atom. The Kier molecular flexibility index (Phi) is 4.19. The second-order valence-electron chi connectivity index (χ2n) is 5.12. The largest absolute Gasteiger partial charge is 0.372 e. The Bertz CT molecular complexity index is 369. The number of nitrogens with zero attached hydrogens (tertiary/aromatic N) is 2. The zero-order chi connectivity index (χ0) is 13.1. The molecule has 1 aliphatic rings. The highest BCUT2D eigenvalue weighted by molar-refractivity contribution is 5.45. The fourth-order valence-corrected chi connectivity index (χ4v) is 2.40. The number of aromatic nitrogens is 1. The van der Waals surface area contributed by atoms with Gasteiger partial charge in [0.2, 0.25) is 0 Å². The molecule has 0 spiro atoms. The first kappa shape index (κ1) is 13.3. The van der Waals surface area contributed by atoms with Gasteiger partial charge in [0.05, 0.1) is 29.8 Å². The third-order valence-electron chi connectivity index (χ3n) is 3.38. The standard InChI is InChI=1S/C14H23N3O/c1-4-13(15)14-6-5-12(7-16-14)17-8-10(2)18-11(3)9-17/h5-7,10-11,13H,4,8-9,15H2,1-3H3. The Morgan fingerprint density at radius 3 is 2.56 bits per heavy atom. The van der Waals surface area contributed by atoms with Gasteiger partial charge in [-0.2, -0.15) is 0 Å². The molecule has 100 valence electrons. The summed E-state index contributed by atoms with van der Waals surface area (Å²) in [7, 11) is 0. The molecule has 0 radical (unpaired) electrons. The van der Waals surface area contributed by atoms with Crippen LogP contribution in [0.3, 0.4) is 0 Å². The predicted molar refractivity (Wildman–Crippen MR) is 73.7 cm³/mol. The van der Waals surface area contributed by atoms with E-state index in [0.717, 1.165) is 30.9 Å². The van der Waals surface area contributed by atoms with Crippen LogP contribution >= 0.6 is 0 Å². The van der Waals surface area contributed by atoms with Crippen molar-refractivity contribution in [3.63, 3.8) is 0 Å². The van der Waals surface area contributed by atoms with E-state index in [-0.39, 0.29) is 18.2 Å². The molecule has 1 aromatic rings. The summed E-state index contributed by atoms with van der Waals surface area (Å²) in [5.74, 6) is 0. The monoisotopic (exact) mass is 249 g/mol. The van der Waals surface area contributed by atoms with E-state index in [1.54, 1.807) is 0 Å². The minimum absolute atomic E-state index is 0.0431. The maximum atomic E-state index is 5.97. The van der Waals surface area contributed by atoms with E-state index in [0.29, 0.717) is 0 Å². The molecule has 4 heteroatoms. The molecule has 0 aromatic carbocycles. The highest BCUT2D eigenvalue weighted by Crippen LogP contribution is 2.21. The molecule has 1 aromatic heterocycles. The van der Waals surface area contributed by atoms with E-state index in [1.165, 1.54) is 0 Å². The predicted octanol–water partition coefficient (Wildman–Crippen LogP) is 2.10. The van der Waals surface area contributed by atoms with Crippen LogP contribution in [-0.2, 0) is 4.74 Å². The van der Waals surface area contributed by atoms with Gasteiger partial charge in [0.25, 0.3) is 0 Å². The Morgan fingerprint density at radius 1 is 1.39 bits per heavy atom. The zero-order valence-corrected chi connectivity index (χ0v) is 11.5. The van der Waals surface area contributed by atoms with Crippen LogP contribution in [-0.4, -0.2) is 30.3 Å². The summed E-state index contributed by atoms with van der Waals surface area (Å²) in [5, 5.41) is 0. The number of anilines is 1. The van der Waals surface area contributed by atoms with Crippen LogP contribution in [0.5, 0.6) is 0 Å². The molecule has 2 heterocycles. The lowest BCUT2D eigenvalue weighted by Gasteiger charge is -2.36. The first-order chi connectivity index (χ1) is 8.60. The first-order valence-corrected chi connectivity index (χ1v) is 6.72. The number of hydrogen-bond acceptors (Lipinski definition) is 4. The first-order valence-electron chi connectivity index (χ1n) is 6.72. The van der Waals surface area contributed by atoms with Crippen molar-refractivity contribution in [2.24, 2.45) is 5.73 Å². The fraction of sp³-hybridized carbons (Fsp3) is 0.643. The smallest absolute Gasteiger partial charge is 0.0726 e. The van der Waals surface area contributed by atoms with Gasteiger partial charge in [-0.3, -0.25) is 4.98 Å². The van der Waals surface area contributed by atoms with Crippen LogP contribution in [0.4, 0.5) is 5.69 Å². The minimum Gasteiger partial charge on any atom is -0.372 e.